The average Bonchev–Trinajstić information content (AvgIpc) is 3.16. The molecule has 1 atom stereocenters. The summed E-state index contributed by atoms with van der Waals surface area (Å²) in [6, 6.07) is 4.22. The zero-order valence-corrected chi connectivity index (χ0v) is 13.5. The van der Waals surface area contributed by atoms with Gasteiger partial charge in [0.1, 0.15) is 11.6 Å². The largest absolute Gasteiger partial charge is 0.492 e. The van der Waals surface area contributed by atoms with Crippen molar-refractivity contribution in [1.29, 1.82) is 0 Å². The van der Waals surface area contributed by atoms with Crippen LogP contribution in [-0.4, -0.2) is 25.6 Å². The number of benzene rings is 1. The van der Waals surface area contributed by atoms with Crippen LogP contribution in [0.2, 0.25) is 0 Å². The van der Waals surface area contributed by atoms with Crippen LogP contribution in [0.4, 0.5) is 10.1 Å². The molecule has 1 aromatic carbocycles. The predicted molar refractivity (Wildman–Crippen MR) is 86.1 cm³/mol. The Kier molecular flexibility index (Phi) is 5.29. The van der Waals surface area contributed by atoms with Crippen molar-refractivity contribution in [2.45, 2.75) is 26.2 Å². The third-order valence-electron chi connectivity index (χ3n) is 4.61. The van der Waals surface area contributed by atoms with E-state index in [0.717, 1.165) is 32.4 Å². The number of halogens is 2. The van der Waals surface area contributed by atoms with E-state index in [1.54, 1.807) is 6.07 Å². The summed E-state index contributed by atoms with van der Waals surface area (Å²) >= 11 is 0. The smallest absolute Gasteiger partial charge is 0.228 e. The molecule has 1 saturated heterocycles. The molecule has 0 bridgehead atoms. The van der Waals surface area contributed by atoms with E-state index in [1.165, 1.54) is 12.1 Å². The number of carbonyl (C=O) groups is 1. The van der Waals surface area contributed by atoms with Crippen molar-refractivity contribution in [3.63, 3.8) is 0 Å². The SMILES string of the molecule is CCOc1cc(F)ccc1NC(=O)C1CC12CCNCC2.Cl. The number of amides is 1. The second kappa shape index (κ2) is 6.84. The second-order valence-electron chi connectivity index (χ2n) is 5.93. The molecule has 3 rings (SSSR count). The van der Waals surface area contributed by atoms with Crippen molar-refractivity contribution in [2.24, 2.45) is 11.3 Å². The van der Waals surface area contributed by atoms with Gasteiger partial charge in [0.25, 0.3) is 0 Å². The van der Waals surface area contributed by atoms with Gasteiger partial charge in [0.2, 0.25) is 5.91 Å². The van der Waals surface area contributed by atoms with Crippen LogP contribution >= 0.6 is 12.4 Å². The van der Waals surface area contributed by atoms with Crippen LogP contribution in [0.25, 0.3) is 0 Å². The van der Waals surface area contributed by atoms with Crippen molar-refractivity contribution in [3.05, 3.63) is 24.0 Å². The van der Waals surface area contributed by atoms with Crippen LogP contribution in [0.15, 0.2) is 18.2 Å². The lowest BCUT2D eigenvalue weighted by Crippen LogP contribution is -2.31. The standard InChI is InChI=1S/C16H21FN2O2.ClH/c1-2-21-14-9-11(17)3-4-13(14)19-15(20)12-10-16(12)5-7-18-8-6-16;/h3-4,9,12,18H,2,5-8,10H2,1H3,(H,19,20);1H. The molecule has 1 heterocycles. The molecule has 122 valence electrons. The number of ether oxygens (including phenoxy) is 1. The fraction of sp³-hybridized carbons (Fsp3) is 0.562. The molecule has 2 N–H and O–H groups in total. The van der Waals surface area contributed by atoms with Crippen LogP contribution < -0.4 is 15.4 Å². The zero-order valence-electron chi connectivity index (χ0n) is 12.7. The van der Waals surface area contributed by atoms with Crippen molar-refractivity contribution in [2.75, 3.05) is 25.0 Å². The molecule has 0 radical (unpaired) electrons. The molecule has 1 aliphatic heterocycles. The summed E-state index contributed by atoms with van der Waals surface area (Å²) in [4.78, 5) is 12.4. The van der Waals surface area contributed by atoms with Gasteiger partial charge in [-0.05, 0) is 56.8 Å². The van der Waals surface area contributed by atoms with E-state index in [4.69, 9.17) is 4.74 Å². The second-order valence-corrected chi connectivity index (χ2v) is 5.93. The van der Waals surface area contributed by atoms with Crippen LogP contribution in [-0.2, 0) is 4.79 Å². The first-order valence-corrected chi connectivity index (χ1v) is 7.58. The Bertz CT molecular complexity index is 547. The fourth-order valence-corrected chi connectivity index (χ4v) is 3.29. The van der Waals surface area contributed by atoms with Crippen molar-refractivity contribution in [1.82, 2.24) is 5.32 Å². The summed E-state index contributed by atoms with van der Waals surface area (Å²) in [6.45, 7) is 4.25. The number of anilines is 1. The minimum atomic E-state index is -0.363. The van der Waals surface area contributed by atoms with Crippen LogP contribution in [0.5, 0.6) is 5.75 Å². The van der Waals surface area contributed by atoms with E-state index >= 15 is 0 Å². The topological polar surface area (TPSA) is 50.4 Å². The highest BCUT2D eigenvalue weighted by atomic mass is 35.5. The molecule has 1 aromatic rings. The van der Waals surface area contributed by atoms with Gasteiger partial charge in [-0.2, -0.15) is 0 Å². The average molecular weight is 329 g/mol. The van der Waals surface area contributed by atoms with E-state index in [0.29, 0.717) is 18.0 Å². The van der Waals surface area contributed by atoms with E-state index in [1.807, 2.05) is 6.92 Å². The molecule has 1 unspecified atom stereocenters. The lowest BCUT2D eigenvalue weighted by molar-refractivity contribution is -0.118. The zero-order chi connectivity index (χ0) is 14.9. The van der Waals surface area contributed by atoms with Crippen LogP contribution in [0.3, 0.4) is 0 Å². The highest BCUT2D eigenvalue weighted by Gasteiger charge is 2.57. The third-order valence-corrected chi connectivity index (χ3v) is 4.61. The minimum Gasteiger partial charge on any atom is -0.492 e. The molecular formula is C16H22ClFN2O2. The minimum absolute atomic E-state index is 0. The Hall–Kier alpha value is -1.33. The summed E-state index contributed by atoms with van der Waals surface area (Å²) in [7, 11) is 0. The number of carbonyl (C=O) groups excluding carboxylic acids is 1. The molecule has 1 amide bonds. The molecule has 0 aromatic heterocycles. The van der Waals surface area contributed by atoms with Gasteiger partial charge in [-0.1, -0.05) is 0 Å². The Morgan fingerprint density at radius 2 is 2.18 bits per heavy atom. The monoisotopic (exact) mass is 328 g/mol. The van der Waals surface area contributed by atoms with Gasteiger partial charge >= 0.3 is 0 Å². The highest BCUT2D eigenvalue weighted by Crippen LogP contribution is 2.58. The molecule has 2 fully saturated rings. The first-order chi connectivity index (χ1) is 10.1. The van der Waals surface area contributed by atoms with Gasteiger partial charge in [-0.25, -0.2) is 4.39 Å². The predicted octanol–water partition coefficient (Wildman–Crippen LogP) is 2.97. The fourth-order valence-electron chi connectivity index (χ4n) is 3.29. The third kappa shape index (κ3) is 3.36. The molecule has 1 aliphatic carbocycles. The molecule has 1 spiro atoms. The number of piperidine rings is 1. The quantitative estimate of drug-likeness (QED) is 0.893. The van der Waals surface area contributed by atoms with Crippen LogP contribution in [0, 0.1) is 17.2 Å². The van der Waals surface area contributed by atoms with Gasteiger partial charge in [-0.15, -0.1) is 12.4 Å². The summed E-state index contributed by atoms with van der Waals surface area (Å²) in [5.74, 6) is 0.146. The van der Waals surface area contributed by atoms with Crippen LogP contribution in [0.1, 0.15) is 26.2 Å². The summed E-state index contributed by atoms with van der Waals surface area (Å²) in [6.07, 6.45) is 3.09. The highest BCUT2D eigenvalue weighted by molar-refractivity contribution is 5.96. The lowest BCUT2D eigenvalue weighted by Gasteiger charge is -2.23. The number of rotatable bonds is 4. The van der Waals surface area contributed by atoms with Gasteiger partial charge in [0.15, 0.2) is 0 Å². The van der Waals surface area contributed by atoms with Crippen molar-refractivity contribution < 1.29 is 13.9 Å². The normalized spacial score (nSPS) is 21.8. The summed E-state index contributed by atoms with van der Waals surface area (Å²) < 4.78 is 18.7. The Balaban J connectivity index is 0.00000176. The first-order valence-electron chi connectivity index (χ1n) is 7.58. The van der Waals surface area contributed by atoms with Crippen molar-refractivity contribution in [3.8, 4) is 5.75 Å². The first kappa shape index (κ1) is 17.0. The molecule has 2 aliphatic rings. The van der Waals surface area contributed by atoms with Gasteiger partial charge in [-0.3, -0.25) is 4.79 Å². The molecule has 22 heavy (non-hydrogen) atoms. The lowest BCUT2D eigenvalue weighted by atomic mass is 9.92. The van der Waals surface area contributed by atoms with E-state index in [9.17, 15) is 9.18 Å². The van der Waals surface area contributed by atoms with E-state index in [-0.39, 0.29) is 35.5 Å². The van der Waals surface area contributed by atoms with Gasteiger partial charge < -0.3 is 15.4 Å². The van der Waals surface area contributed by atoms with Crippen molar-refractivity contribution >= 4 is 24.0 Å². The summed E-state index contributed by atoms with van der Waals surface area (Å²) in [5.41, 5.74) is 0.750. The number of hydrogen-bond donors (Lipinski definition) is 2. The Morgan fingerprint density at radius 1 is 1.45 bits per heavy atom. The van der Waals surface area contributed by atoms with E-state index in [2.05, 4.69) is 10.6 Å². The number of nitrogens with one attached hydrogen (secondary N) is 2. The molecule has 1 saturated carbocycles. The number of hydrogen-bond acceptors (Lipinski definition) is 3. The molecular weight excluding hydrogens is 307 g/mol. The maximum Gasteiger partial charge on any atom is 0.228 e. The Morgan fingerprint density at radius 3 is 2.86 bits per heavy atom. The molecule has 6 heteroatoms. The van der Waals surface area contributed by atoms with Gasteiger partial charge in [0, 0.05) is 12.0 Å². The maximum absolute atomic E-state index is 13.3. The molecule has 4 nitrogen and oxygen atoms in total. The van der Waals surface area contributed by atoms with Gasteiger partial charge in [0.05, 0.1) is 12.3 Å². The summed E-state index contributed by atoms with van der Waals surface area (Å²) in [5, 5.41) is 6.23. The maximum atomic E-state index is 13.3. The van der Waals surface area contributed by atoms with E-state index < -0.39 is 0 Å². The Labute approximate surface area is 136 Å².